The van der Waals surface area contributed by atoms with Gasteiger partial charge in [-0.25, -0.2) is 0 Å². The highest BCUT2D eigenvalue weighted by molar-refractivity contribution is 8.14. The van der Waals surface area contributed by atoms with E-state index in [0.717, 1.165) is 40.0 Å². The summed E-state index contributed by atoms with van der Waals surface area (Å²) in [6.07, 6.45) is 2.96. The van der Waals surface area contributed by atoms with Gasteiger partial charge < -0.3 is 0 Å². The average Bonchev–Trinajstić information content (AvgIpc) is 3.02. The molecule has 116 valence electrons. The molecule has 1 fully saturated rings. The summed E-state index contributed by atoms with van der Waals surface area (Å²) in [6.45, 7) is 0.735. The Morgan fingerprint density at radius 2 is 2.04 bits per heavy atom. The van der Waals surface area contributed by atoms with Crippen LogP contribution >= 0.6 is 23.4 Å². The second-order valence-corrected chi connectivity index (χ2v) is 6.77. The molecular formula is C18H16ClN3S. The van der Waals surface area contributed by atoms with Gasteiger partial charge in [0.05, 0.1) is 6.04 Å². The van der Waals surface area contributed by atoms with Gasteiger partial charge in [0, 0.05) is 17.3 Å². The van der Waals surface area contributed by atoms with E-state index >= 15 is 0 Å². The molecule has 2 aromatic carbocycles. The molecule has 0 saturated carbocycles. The molecule has 2 aromatic rings. The van der Waals surface area contributed by atoms with Crippen LogP contribution in [0.4, 0.5) is 0 Å². The zero-order valence-electron chi connectivity index (χ0n) is 12.5. The van der Waals surface area contributed by atoms with Crippen molar-refractivity contribution in [2.24, 2.45) is 4.99 Å². The van der Waals surface area contributed by atoms with Crippen LogP contribution in [0.15, 0.2) is 59.6 Å². The van der Waals surface area contributed by atoms with Gasteiger partial charge in [-0.15, -0.1) is 0 Å². The minimum absolute atomic E-state index is 0.0221. The maximum atomic E-state index is 9.21. The van der Waals surface area contributed by atoms with Gasteiger partial charge in [-0.2, -0.15) is 5.26 Å². The van der Waals surface area contributed by atoms with E-state index in [4.69, 9.17) is 16.6 Å². The average molecular weight is 342 g/mol. The molecule has 1 aliphatic heterocycles. The van der Waals surface area contributed by atoms with Gasteiger partial charge in [0.25, 0.3) is 0 Å². The van der Waals surface area contributed by atoms with Gasteiger partial charge in [-0.3, -0.25) is 9.89 Å². The fraction of sp³-hybridized carbons (Fsp3) is 0.222. The van der Waals surface area contributed by atoms with Crippen LogP contribution in [-0.4, -0.2) is 22.4 Å². The van der Waals surface area contributed by atoms with E-state index in [1.807, 2.05) is 36.4 Å². The normalized spacial score (nSPS) is 17.2. The number of aliphatic imine (C=N–C) groups is 1. The van der Waals surface area contributed by atoms with E-state index in [1.54, 1.807) is 16.7 Å². The smallest absolute Gasteiger partial charge is 0.185 e. The molecule has 1 saturated heterocycles. The number of hydrogen-bond acceptors (Lipinski definition) is 3. The summed E-state index contributed by atoms with van der Waals surface area (Å²) in [5.41, 5.74) is 2.28. The number of nitriles is 1. The standard InChI is InChI=1S/C18H16ClN3S/c19-16-8-4-5-14(11-16)12-17(15-6-2-1-3-7-15)21-18-22(13-20)9-10-23-18/h1-8,11,17H,9-10,12H2. The lowest BCUT2D eigenvalue weighted by Gasteiger charge is -2.16. The first kappa shape index (κ1) is 15.9. The van der Waals surface area contributed by atoms with Crippen LogP contribution in [0.3, 0.4) is 0 Å². The summed E-state index contributed by atoms with van der Waals surface area (Å²) < 4.78 is 0. The maximum Gasteiger partial charge on any atom is 0.185 e. The zero-order valence-corrected chi connectivity index (χ0v) is 14.1. The molecule has 1 atom stereocenters. The van der Waals surface area contributed by atoms with Gasteiger partial charge >= 0.3 is 0 Å². The molecule has 23 heavy (non-hydrogen) atoms. The van der Waals surface area contributed by atoms with Crippen molar-refractivity contribution < 1.29 is 0 Å². The predicted octanol–water partition coefficient (Wildman–Crippen LogP) is 4.51. The minimum Gasteiger partial charge on any atom is -0.257 e. The monoisotopic (exact) mass is 341 g/mol. The molecule has 3 rings (SSSR count). The number of amidine groups is 1. The number of hydrogen-bond donors (Lipinski definition) is 0. The second-order valence-electron chi connectivity index (χ2n) is 5.27. The number of rotatable bonds is 4. The summed E-state index contributed by atoms with van der Waals surface area (Å²) in [5, 5.41) is 10.8. The zero-order chi connectivity index (χ0) is 16.1. The highest BCUT2D eigenvalue weighted by Gasteiger charge is 2.21. The Morgan fingerprint density at radius 3 is 2.78 bits per heavy atom. The third-order valence-electron chi connectivity index (χ3n) is 3.67. The third-order valence-corrected chi connectivity index (χ3v) is 4.87. The van der Waals surface area contributed by atoms with Crippen molar-refractivity contribution in [3.63, 3.8) is 0 Å². The molecule has 1 aliphatic rings. The molecule has 0 amide bonds. The lowest BCUT2D eigenvalue weighted by molar-refractivity contribution is 0.622. The Labute approximate surface area is 145 Å². The second kappa shape index (κ2) is 7.54. The SMILES string of the molecule is N#CN1CCSC1=NC(Cc1cccc(Cl)c1)c1ccccc1. The highest BCUT2D eigenvalue weighted by Crippen LogP contribution is 2.27. The van der Waals surface area contributed by atoms with Crippen molar-refractivity contribution in [2.75, 3.05) is 12.3 Å². The Hall–Kier alpha value is -1.96. The lowest BCUT2D eigenvalue weighted by atomic mass is 9.99. The Balaban J connectivity index is 1.91. The molecule has 0 radical (unpaired) electrons. The van der Waals surface area contributed by atoms with Crippen LogP contribution < -0.4 is 0 Å². The van der Waals surface area contributed by atoms with Crippen LogP contribution in [0.2, 0.25) is 5.02 Å². The molecular weight excluding hydrogens is 326 g/mol. The van der Waals surface area contributed by atoms with E-state index in [9.17, 15) is 5.26 Å². The summed E-state index contributed by atoms with van der Waals surface area (Å²) in [7, 11) is 0. The number of halogens is 1. The molecule has 0 aliphatic carbocycles. The predicted molar refractivity (Wildman–Crippen MR) is 96.6 cm³/mol. The van der Waals surface area contributed by atoms with Crippen LogP contribution in [0.5, 0.6) is 0 Å². The van der Waals surface area contributed by atoms with Gasteiger partial charge in [0.2, 0.25) is 0 Å². The molecule has 1 heterocycles. The van der Waals surface area contributed by atoms with Crippen LogP contribution in [-0.2, 0) is 6.42 Å². The Bertz CT molecular complexity index is 739. The fourth-order valence-corrected chi connectivity index (χ4v) is 3.69. The fourth-order valence-electron chi connectivity index (χ4n) is 2.54. The molecule has 0 bridgehead atoms. The Morgan fingerprint density at radius 1 is 1.22 bits per heavy atom. The molecule has 0 spiro atoms. The van der Waals surface area contributed by atoms with Crippen LogP contribution in [0.1, 0.15) is 17.2 Å². The summed E-state index contributed by atoms with van der Waals surface area (Å²) >= 11 is 7.74. The van der Waals surface area contributed by atoms with Crippen LogP contribution in [0, 0.1) is 11.5 Å². The first-order valence-corrected chi connectivity index (χ1v) is 8.80. The van der Waals surface area contributed by atoms with Gasteiger partial charge in [0.1, 0.15) is 0 Å². The van der Waals surface area contributed by atoms with Gasteiger partial charge in [-0.1, -0.05) is 65.8 Å². The number of benzene rings is 2. The van der Waals surface area contributed by atoms with Crippen molar-refractivity contribution in [3.8, 4) is 6.19 Å². The van der Waals surface area contributed by atoms with E-state index in [2.05, 4.69) is 24.4 Å². The van der Waals surface area contributed by atoms with Crippen molar-refractivity contribution in [1.82, 2.24) is 4.90 Å². The summed E-state index contributed by atoms with van der Waals surface area (Å²) in [4.78, 5) is 6.53. The molecule has 0 aromatic heterocycles. The first-order valence-electron chi connectivity index (χ1n) is 7.43. The largest absolute Gasteiger partial charge is 0.257 e. The van der Waals surface area contributed by atoms with Crippen molar-refractivity contribution in [1.29, 1.82) is 5.26 Å². The lowest BCUT2D eigenvalue weighted by Crippen LogP contribution is -2.19. The van der Waals surface area contributed by atoms with Crippen molar-refractivity contribution in [3.05, 3.63) is 70.7 Å². The first-order chi connectivity index (χ1) is 11.3. The summed E-state index contributed by atoms with van der Waals surface area (Å²) in [5.74, 6) is 0.908. The van der Waals surface area contributed by atoms with E-state index in [0.29, 0.717) is 0 Å². The maximum absolute atomic E-state index is 9.21. The third kappa shape index (κ3) is 4.07. The van der Waals surface area contributed by atoms with E-state index < -0.39 is 0 Å². The minimum atomic E-state index is -0.0221. The van der Waals surface area contributed by atoms with Crippen molar-refractivity contribution >= 4 is 28.5 Å². The van der Waals surface area contributed by atoms with E-state index in [1.165, 1.54) is 0 Å². The van der Waals surface area contributed by atoms with E-state index in [-0.39, 0.29) is 6.04 Å². The van der Waals surface area contributed by atoms with Gasteiger partial charge in [-0.05, 0) is 29.7 Å². The summed E-state index contributed by atoms with van der Waals surface area (Å²) in [6, 6.07) is 18.0. The highest BCUT2D eigenvalue weighted by atomic mass is 35.5. The molecule has 1 unspecified atom stereocenters. The number of thioether (sulfide) groups is 1. The van der Waals surface area contributed by atoms with Crippen molar-refractivity contribution in [2.45, 2.75) is 12.5 Å². The van der Waals surface area contributed by atoms with Gasteiger partial charge in [0.15, 0.2) is 11.4 Å². The molecule has 3 nitrogen and oxygen atoms in total. The number of nitrogens with zero attached hydrogens (tertiary/aromatic N) is 3. The van der Waals surface area contributed by atoms with Crippen LogP contribution in [0.25, 0.3) is 0 Å². The molecule has 5 heteroatoms. The topological polar surface area (TPSA) is 39.4 Å². The Kier molecular flexibility index (Phi) is 5.22. The quantitative estimate of drug-likeness (QED) is 0.768. The molecule has 0 N–H and O–H groups in total.